The number of hydrogen-bond acceptors (Lipinski definition) is 11. The molecule has 4 rings (SSSR count). The lowest BCUT2D eigenvalue weighted by atomic mass is 9.54. The van der Waals surface area contributed by atoms with Crippen molar-refractivity contribution in [3.05, 3.63) is 40.2 Å². The van der Waals surface area contributed by atoms with Crippen LogP contribution in [0.25, 0.3) is 5.76 Å². The van der Waals surface area contributed by atoms with E-state index in [2.05, 4.69) is 5.32 Å². The third kappa shape index (κ3) is 4.03. The van der Waals surface area contributed by atoms with Crippen molar-refractivity contribution in [3.8, 4) is 5.75 Å². The van der Waals surface area contributed by atoms with E-state index in [0.717, 1.165) is 0 Å². The van der Waals surface area contributed by atoms with Crippen LogP contribution < -0.4 is 11.1 Å². The largest absolute Gasteiger partial charge is 0.508 e. The molecule has 3 aliphatic carbocycles. The summed E-state index contributed by atoms with van der Waals surface area (Å²) >= 11 is 0. The Morgan fingerprint density at radius 2 is 1.73 bits per heavy atom. The number of anilines is 1. The lowest BCUT2D eigenvalue weighted by Gasteiger charge is -2.53. The number of fused-ring (bicyclic) bond motifs is 3. The predicted molar refractivity (Wildman–Crippen MR) is 140 cm³/mol. The van der Waals surface area contributed by atoms with Gasteiger partial charge in [0.1, 0.15) is 28.4 Å². The molecule has 1 aromatic carbocycles. The van der Waals surface area contributed by atoms with Crippen molar-refractivity contribution in [3.63, 3.8) is 0 Å². The van der Waals surface area contributed by atoms with Gasteiger partial charge in [-0.15, -0.1) is 0 Å². The smallest absolute Gasteiger partial charge is 0.412 e. The summed E-state index contributed by atoms with van der Waals surface area (Å²) in [6.45, 7) is 6.53. The van der Waals surface area contributed by atoms with Gasteiger partial charge in [-0.2, -0.15) is 0 Å². The van der Waals surface area contributed by atoms with Crippen LogP contribution in [0.2, 0.25) is 0 Å². The van der Waals surface area contributed by atoms with Crippen molar-refractivity contribution >= 4 is 35.0 Å². The first kappa shape index (κ1) is 29.1. The number of ether oxygens (including phenoxy) is 1. The number of aromatic hydroxyl groups is 1. The number of phenolic OH excluding ortho intramolecular Hbond substituents is 1. The van der Waals surface area contributed by atoms with Crippen LogP contribution in [0.5, 0.6) is 5.75 Å². The van der Waals surface area contributed by atoms with Crippen LogP contribution in [0.15, 0.2) is 29.0 Å². The maximum absolute atomic E-state index is 14.0. The third-order valence-electron chi connectivity index (χ3n) is 7.77. The molecule has 13 heteroatoms. The Labute approximate surface area is 229 Å². The Hall–Kier alpha value is -3.94. The van der Waals surface area contributed by atoms with Crippen LogP contribution in [0.4, 0.5) is 10.5 Å². The quantitative estimate of drug-likeness (QED) is 0.203. The van der Waals surface area contributed by atoms with Crippen molar-refractivity contribution < 1.29 is 49.4 Å². The molecule has 1 aromatic rings. The van der Waals surface area contributed by atoms with Gasteiger partial charge in [0.05, 0.1) is 29.3 Å². The van der Waals surface area contributed by atoms with Crippen molar-refractivity contribution in [2.24, 2.45) is 17.6 Å². The average molecular weight is 560 g/mol. The van der Waals surface area contributed by atoms with Gasteiger partial charge >= 0.3 is 6.09 Å². The minimum Gasteiger partial charge on any atom is -0.508 e. The number of carbonyl (C=O) groups excluding carboxylic acids is 4. The van der Waals surface area contributed by atoms with Gasteiger partial charge in [-0.3, -0.25) is 24.6 Å². The predicted octanol–water partition coefficient (Wildman–Crippen LogP) is 0.843. The molecule has 0 spiro atoms. The summed E-state index contributed by atoms with van der Waals surface area (Å²) in [6.07, 6.45) is -2.59. The highest BCUT2D eigenvalue weighted by Crippen LogP contribution is 2.56. The molecule has 40 heavy (non-hydrogen) atoms. The SMILES string of the molecule is CC1c2ccc(NC(=O)OC(C)(C)C)c(O)c2C(O)=C2C(=O)C3(O)C(O)=C(C(N)=O)C(=O)C(N(C)C)C3C(O)C21. The molecule has 6 atom stereocenters. The van der Waals surface area contributed by atoms with Gasteiger partial charge in [0, 0.05) is 11.5 Å². The molecule has 1 saturated carbocycles. The fraction of sp³-hybridized carbons (Fsp3) is 0.481. The van der Waals surface area contributed by atoms with Crippen LogP contribution in [0, 0.1) is 11.8 Å². The first-order valence-electron chi connectivity index (χ1n) is 12.5. The highest BCUT2D eigenvalue weighted by Gasteiger charge is 2.68. The fourth-order valence-electron chi connectivity index (χ4n) is 6.13. The van der Waals surface area contributed by atoms with Crippen molar-refractivity contribution in [2.75, 3.05) is 19.4 Å². The van der Waals surface area contributed by atoms with E-state index in [0.29, 0.717) is 5.56 Å². The molecule has 0 aromatic heterocycles. The molecule has 0 bridgehead atoms. The molecule has 3 aliphatic rings. The summed E-state index contributed by atoms with van der Waals surface area (Å²) in [5.74, 6) is -9.99. The second-order valence-electron chi connectivity index (χ2n) is 11.6. The minimum absolute atomic E-state index is 0.152. The highest BCUT2D eigenvalue weighted by atomic mass is 16.6. The van der Waals surface area contributed by atoms with E-state index >= 15 is 0 Å². The molecule has 0 aliphatic heterocycles. The Kier molecular flexibility index (Phi) is 6.77. The number of aliphatic hydroxyl groups excluding tert-OH is 3. The Balaban J connectivity index is 1.93. The molecular formula is C27H33N3O10. The van der Waals surface area contributed by atoms with E-state index in [9.17, 15) is 44.7 Å². The van der Waals surface area contributed by atoms with Gasteiger partial charge < -0.3 is 36.0 Å². The van der Waals surface area contributed by atoms with E-state index in [1.807, 2.05) is 0 Å². The minimum atomic E-state index is -3.01. The monoisotopic (exact) mass is 559 g/mol. The van der Waals surface area contributed by atoms with Gasteiger partial charge in [0.25, 0.3) is 5.91 Å². The van der Waals surface area contributed by atoms with Gasteiger partial charge in [-0.05, 0) is 52.4 Å². The number of carbonyl (C=O) groups is 4. The second-order valence-corrected chi connectivity index (χ2v) is 11.6. The Bertz CT molecular complexity index is 1410. The molecule has 1 fully saturated rings. The second kappa shape index (κ2) is 9.32. The van der Waals surface area contributed by atoms with Crippen LogP contribution >= 0.6 is 0 Å². The molecule has 8 N–H and O–H groups in total. The molecule has 0 heterocycles. The molecular weight excluding hydrogens is 526 g/mol. The molecule has 216 valence electrons. The molecule has 6 unspecified atom stereocenters. The van der Waals surface area contributed by atoms with Gasteiger partial charge in [0.2, 0.25) is 5.78 Å². The summed E-state index contributed by atoms with van der Waals surface area (Å²) in [5, 5.41) is 59.0. The number of rotatable bonds is 3. The number of likely N-dealkylation sites (N-methyl/N-ethyl adjacent to an activating group) is 1. The lowest BCUT2D eigenvalue weighted by molar-refractivity contribution is -0.169. The van der Waals surface area contributed by atoms with Crippen LogP contribution in [-0.4, -0.2) is 91.4 Å². The topological polar surface area (TPSA) is 220 Å². The van der Waals surface area contributed by atoms with Crippen molar-refractivity contribution in [1.82, 2.24) is 4.90 Å². The lowest BCUT2D eigenvalue weighted by Crippen LogP contribution is -2.70. The van der Waals surface area contributed by atoms with E-state index in [1.165, 1.54) is 31.1 Å². The maximum atomic E-state index is 14.0. The summed E-state index contributed by atoms with van der Waals surface area (Å²) in [4.78, 5) is 52.9. The number of Topliss-reactive ketones (excluding diaryl/α,β-unsaturated/α-hetero) is 2. The van der Waals surface area contributed by atoms with E-state index in [1.54, 1.807) is 27.7 Å². The number of phenols is 1. The number of ketones is 2. The normalized spacial score (nSPS) is 30.1. The van der Waals surface area contributed by atoms with E-state index in [4.69, 9.17) is 10.5 Å². The number of benzene rings is 1. The van der Waals surface area contributed by atoms with Crippen LogP contribution in [0.3, 0.4) is 0 Å². The summed E-state index contributed by atoms with van der Waals surface area (Å²) in [5.41, 5.74) is -0.162. The number of hydrogen-bond donors (Lipinski definition) is 7. The van der Waals surface area contributed by atoms with E-state index in [-0.39, 0.29) is 11.3 Å². The number of nitrogens with zero attached hydrogens (tertiary/aromatic N) is 1. The average Bonchev–Trinajstić information content (AvgIpc) is 2.81. The van der Waals surface area contributed by atoms with Gasteiger partial charge in [-0.1, -0.05) is 13.0 Å². The first-order valence-corrected chi connectivity index (χ1v) is 12.5. The number of primary amides is 1. The maximum Gasteiger partial charge on any atom is 0.412 e. The third-order valence-corrected chi connectivity index (χ3v) is 7.77. The molecule has 0 radical (unpaired) electrons. The van der Waals surface area contributed by atoms with Crippen LogP contribution in [-0.2, 0) is 19.1 Å². The number of nitrogens with one attached hydrogen (secondary N) is 1. The fourth-order valence-corrected chi connectivity index (χ4v) is 6.13. The van der Waals surface area contributed by atoms with Crippen molar-refractivity contribution in [2.45, 2.75) is 57.0 Å². The Morgan fingerprint density at radius 3 is 2.25 bits per heavy atom. The zero-order chi connectivity index (χ0) is 30.2. The summed E-state index contributed by atoms with van der Waals surface area (Å²) < 4.78 is 5.20. The van der Waals surface area contributed by atoms with Gasteiger partial charge in [0.15, 0.2) is 11.4 Å². The summed E-state index contributed by atoms with van der Waals surface area (Å²) in [7, 11) is 2.86. The zero-order valence-electron chi connectivity index (χ0n) is 22.8. The summed E-state index contributed by atoms with van der Waals surface area (Å²) in [6, 6.07) is 1.41. The number of nitrogens with two attached hydrogens (primary N) is 1. The number of amides is 2. The van der Waals surface area contributed by atoms with Gasteiger partial charge in [-0.25, -0.2) is 4.79 Å². The Morgan fingerprint density at radius 1 is 1.12 bits per heavy atom. The van der Waals surface area contributed by atoms with Crippen LogP contribution in [0.1, 0.15) is 44.7 Å². The molecule has 13 nitrogen and oxygen atoms in total. The zero-order valence-corrected chi connectivity index (χ0v) is 22.8. The van der Waals surface area contributed by atoms with Crippen molar-refractivity contribution in [1.29, 1.82) is 0 Å². The van der Waals surface area contributed by atoms with E-state index < -0.39 is 93.1 Å². The first-order chi connectivity index (χ1) is 18.4. The number of aliphatic hydroxyl groups is 4. The molecule has 0 saturated heterocycles. The molecule has 2 amide bonds. The standard InChI is InChI=1S/C27H33N3O10/c1-9-10-7-8-11(29-25(38)40-26(2,3)4)18(31)13(10)19(32)14-12(9)20(33)16-17(30(5)6)21(34)15(24(28)37)23(36)27(16,39)22(14)35/h7-9,12,16-17,20,31-33,36,39H,1-6H3,(H2,28,37)(H,29,38). The highest BCUT2D eigenvalue weighted by molar-refractivity contribution is 6.24.